The van der Waals surface area contributed by atoms with Gasteiger partial charge in [-0.25, -0.2) is 4.99 Å². The number of anilines is 1. The van der Waals surface area contributed by atoms with Crippen LogP contribution in [0.25, 0.3) is 0 Å². The molecule has 1 fully saturated rings. The fourth-order valence-electron chi connectivity index (χ4n) is 2.85. The van der Waals surface area contributed by atoms with E-state index in [1.807, 2.05) is 0 Å². The first-order chi connectivity index (χ1) is 14.6. The topological polar surface area (TPSA) is 61.8 Å². The number of aliphatic imine (C=N–C) groups is 1. The van der Waals surface area contributed by atoms with E-state index in [0.29, 0.717) is 5.69 Å². The minimum Gasteiger partial charge on any atom is -0.325 e. The maximum atomic E-state index is 13.2. The highest BCUT2D eigenvalue weighted by molar-refractivity contribution is 9.10. The summed E-state index contributed by atoms with van der Waals surface area (Å²) in [5, 5.41) is 1.68. The van der Waals surface area contributed by atoms with Gasteiger partial charge in [0, 0.05) is 23.1 Å². The Balaban J connectivity index is 1.88. The summed E-state index contributed by atoms with van der Waals surface area (Å²) >= 11 is 10.0. The third kappa shape index (κ3) is 5.81. The zero-order valence-corrected chi connectivity index (χ0v) is 19.2. The van der Waals surface area contributed by atoms with E-state index in [-0.39, 0.29) is 29.7 Å². The van der Waals surface area contributed by atoms with Gasteiger partial charge in [-0.1, -0.05) is 45.4 Å². The number of benzene rings is 2. The summed E-state index contributed by atoms with van der Waals surface area (Å²) in [6, 6.07) is 10.2. The summed E-state index contributed by atoms with van der Waals surface area (Å²) in [4.78, 5) is 30.9. The lowest BCUT2D eigenvalue weighted by atomic mass is 10.2. The molecule has 1 N–H and O–H groups in total. The maximum Gasteiger partial charge on any atom is 0.417 e. The number of halogens is 5. The van der Waals surface area contributed by atoms with Crippen molar-refractivity contribution in [3.8, 4) is 0 Å². The van der Waals surface area contributed by atoms with Gasteiger partial charge in [0.25, 0.3) is 0 Å². The molecule has 1 atom stereocenters. The molecule has 5 nitrogen and oxygen atoms in total. The first kappa shape index (κ1) is 23.6. The lowest BCUT2D eigenvalue weighted by Gasteiger charge is -2.31. The number of hydrogen-bond acceptors (Lipinski definition) is 4. The Labute approximate surface area is 194 Å². The Bertz CT molecular complexity index is 1050. The molecule has 3 rings (SSSR count). The summed E-state index contributed by atoms with van der Waals surface area (Å²) < 4.78 is 40.2. The number of alkyl halides is 3. The zero-order chi connectivity index (χ0) is 22.8. The standard InChI is InChI=1S/C20H16BrClF3N3O2S/c1-2-28-17(29)10-16(18(30)26-12-5-3-4-11(21)8-12)31-19(28)27-13-6-7-15(22)14(9-13)20(23,24)25/h3-9,16H,2,10H2,1H3,(H,26,30). The van der Waals surface area contributed by atoms with Crippen LogP contribution >= 0.6 is 39.3 Å². The summed E-state index contributed by atoms with van der Waals surface area (Å²) in [5.41, 5.74) is -0.481. The van der Waals surface area contributed by atoms with Crippen molar-refractivity contribution < 1.29 is 22.8 Å². The van der Waals surface area contributed by atoms with Gasteiger partial charge >= 0.3 is 6.18 Å². The van der Waals surface area contributed by atoms with E-state index in [0.717, 1.165) is 28.4 Å². The van der Waals surface area contributed by atoms with Gasteiger partial charge in [-0.05, 0) is 43.3 Å². The number of nitrogens with one attached hydrogen (secondary N) is 1. The van der Waals surface area contributed by atoms with Crippen molar-refractivity contribution in [2.24, 2.45) is 4.99 Å². The molecule has 1 aliphatic rings. The van der Waals surface area contributed by atoms with Crippen molar-refractivity contribution in [1.82, 2.24) is 4.90 Å². The molecular formula is C20H16BrClF3N3O2S. The molecule has 2 aromatic rings. The van der Waals surface area contributed by atoms with Gasteiger partial charge in [0.05, 0.1) is 16.3 Å². The highest BCUT2D eigenvalue weighted by atomic mass is 79.9. The van der Waals surface area contributed by atoms with Crippen LogP contribution in [0.2, 0.25) is 5.02 Å². The lowest BCUT2D eigenvalue weighted by molar-refractivity contribution is -0.137. The minimum absolute atomic E-state index is 0.0153. The van der Waals surface area contributed by atoms with Crippen LogP contribution < -0.4 is 5.32 Å². The number of hydrogen-bond donors (Lipinski definition) is 1. The second kappa shape index (κ2) is 9.62. The van der Waals surface area contributed by atoms with E-state index in [2.05, 4.69) is 26.2 Å². The smallest absolute Gasteiger partial charge is 0.325 e. The van der Waals surface area contributed by atoms with Crippen LogP contribution in [0, 0.1) is 0 Å². The first-order valence-corrected chi connectivity index (χ1v) is 11.1. The third-order valence-electron chi connectivity index (χ3n) is 4.32. The van der Waals surface area contributed by atoms with E-state index in [1.54, 1.807) is 31.2 Å². The maximum absolute atomic E-state index is 13.2. The molecule has 164 valence electrons. The molecule has 0 radical (unpaired) electrons. The SMILES string of the molecule is CCN1C(=O)CC(C(=O)Nc2cccc(Br)c2)SC1=Nc1ccc(Cl)c(C(F)(F)F)c1. The molecule has 2 amide bonds. The van der Waals surface area contributed by atoms with Crippen molar-refractivity contribution in [2.45, 2.75) is 24.8 Å². The monoisotopic (exact) mass is 533 g/mol. The van der Waals surface area contributed by atoms with E-state index in [4.69, 9.17) is 11.6 Å². The third-order valence-corrected chi connectivity index (χ3v) is 6.33. The predicted molar refractivity (Wildman–Crippen MR) is 120 cm³/mol. The van der Waals surface area contributed by atoms with Gasteiger partial charge in [0.1, 0.15) is 5.25 Å². The largest absolute Gasteiger partial charge is 0.417 e. The molecule has 0 saturated carbocycles. The number of carbonyl (C=O) groups is 2. The molecule has 11 heteroatoms. The lowest BCUT2D eigenvalue weighted by Crippen LogP contribution is -2.45. The molecule has 1 aliphatic heterocycles. The molecule has 2 aromatic carbocycles. The second-order valence-corrected chi connectivity index (χ2v) is 9.00. The van der Waals surface area contributed by atoms with Crippen molar-refractivity contribution in [3.05, 3.63) is 57.5 Å². The van der Waals surface area contributed by atoms with Gasteiger partial charge in [0.2, 0.25) is 11.8 Å². The molecule has 0 aliphatic carbocycles. The van der Waals surface area contributed by atoms with Gasteiger partial charge in [-0.2, -0.15) is 13.2 Å². The van der Waals surface area contributed by atoms with E-state index in [1.165, 1.54) is 11.0 Å². The van der Waals surface area contributed by atoms with Crippen LogP contribution in [0.5, 0.6) is 0 Å². The number of rotatable bonds is 4. The number of nitrogens with zero attached hydrogens (tertiary/aromatic N) is 2. The minimum atomic E-state index is -4.64. The van der Waals surface area contributed by atoms with Crippen molar-refractivity contribution in [3.63, 3.8) is 0 Å². The van der Waals surface area contributed by atoms with Crippen molar-refractivity contribution in [1.29, 1.82) is 0 Å². The number of thioether (sulfide) groups is 1. The highest BCUT2D eigenvalue weighted by Gasteiger charge is 2.36. The number of amidine groups is 1. The summed E-state index contributed by atoms with van der Waals surface area (Å²) in [6.45, 7) is 1.99. The fourth-order valence-corrected chi connectivity index (χ4v) is 4.64. The summed E-state index contributed by atoms with van der Waals surface area (Å²) in [5.74, 6) is -0.730. The molecule has 31 heavy (non-hydrogen) atoms. The highest BCUT2D eigenvalue weighted by Crippen LogP contribution is 2.38. The van der Waals surface area contributed by atoms with E-state index < -0.39 is 27.9 Å². The molecular weight excluding hydrogens is 519 g/mol. The van der Waals surface area contributed by atoms with Crippen LogP contribution in [-0.4, -0.2) is 33.7 Å². The van der Waals surface area contributed by atoms with E-state index in [9.17, 15) is 22.8 Å². The van der Waals surface area contributed by atoms with Crippen LogP contribution in [0.15, 0.2) is 51.9 Å². The molecule has 0 bridgehead atoms. The predicted octanol–water partition coefficient (Wildman–Crippen LogP) is 6.10. The average Bonchev–Trinajstić information content (AvgIpc) is 2.68. The van der Waals surface area contributed by atoms with Gasteiger partial charge < -0.3 is 5.32 Å². The Morgan fingerprint density at radius 3 is 2.71 bits per heavy atom. The van der Waals surface area contributed by atoms with E-state index >= 15 is 0 Å². The van der Waals surface area contributed by atoms with Crippen LogP contribution in [-0.2, 0) is 15.8 Å². The van der Waals surface area contributed by atoms with Gasteiger partial charge in [-0.15, -0.1) is 0 Å². The number of amides is 2. The van der Waals surface area contributed by atoms with Gasteiger partial charge in [0.15, 0.2) is 5.17 Å². The molecule has 0 aromatic heterocycles. The Hall–Kier alpha value is -2.04. The Morgan fingerprint density at radius 2 is 2.06 bits per heavy atom. The molecule has 1 heterocycles. The number of carbonyl (C=O) groups excluding carboxylic acids is 2. The quantitative estimate of drug-likeness (QED) is 0.515. The second-order valence-electron chi connectivity index (χ2n) is 6.50. The Morgan fingerprint density at radius 1 is 1.32 bits per heavy atom. The molecule has 1 unspecified atom stereocenters. The zero-order valence-electron chi connectivity index (χ0n) is 16.0. The molecule has 1 saturated heterocycles. The Kier molecular flexibility index (Phi) is 7.33. The average molecular weight is 535 g/mol. The first-order valence-electron chi connectivity index (χ1n) is 9.07. The van der Waals surface area contributed by atoms with Crippen LogP contribution in [0.4, 0.5) is 24.5 Å². The summed E-state index contributed by atoms with van der Waals surface area (Å²) in [6.07, 6.45) is -4.69. The van der Waals surface area contributed by atoms with Crippen molar-refractivity contribution in [2.75, 3.05) is 11.9 Å². The molecule has 0 spiro atoms. The fraction of sp³-hybridized carbons (Fsp3) is 0.250. The summed E-state index contributed by atoms with van der Waals surface area (Å²) in [7, 11) is 0. The van der Waals surface area contributed by atoms with Gasteiger partial charge in [-0.3, -0.25) is 14.5 Å². The normalized spacial score (nSPS) is 18.4. The van der Waals surface area contributed by atoms with Crippen molar-refractivity contribution >= 4 is 67.6 Å². The van der Waals surface area contributed by atoms with Crippen LogP contribution in [0.1, 0.15) is 18.9 Å². The van der Waals surface area contributed by atoms with Crippen LogP contribution in [0.3, 0.4) is 0 Å².